The molecule has 0 saturated heterocycles. The number of nitrogens with one attached hydrogen (secondary N) is 3. The number of hydrogen-bond acceptors (Lipinski definition) is 4. The van der Waals surface area contributed by atoms with E-state index in [0.717, 1.165) is 6.54 Å². The van der Waals surface area contributed by atoms with Crippen molar-refractivity contribution in [3.8, 4) is 0 Å². The zero-order valence-electron chi connectivity index (χ0n) is 13.7. The van der Waals surface area contributed by atoms with Gasteiger partial charge in [-0.05, 0) is 31.2 Å². The van der Waals surface area contributed by atoms with E-state index in [1.54, 1.807) is 42.9 Å². The summed E-state index contributed by atoms with van der Waals surface area (Å²) < 4.78 is 0. The molecule has 0 aliphatic carbocycles. The fourth-order valence-corrected chi connectivity index (χ4v) is 2.76. The fraction of sp³-hybridized carbons (Fsp3) is 0.312. The van der Waals surface area contributed by atoms with Crippen LogP contribution in [0.15, 0.2) is 41.7 Å². The van der Waals surface area contributed by atoms with Crippen LogP contribution in [0, 0.1) is 6.92 Å². The molecule has 2 aromatic rings. The number of halogens is 1. The van der Waals surface area contributed by atoms with Crippen molar-refractivity contribution in [1.29, 1.82) is 0 Å². The number of pyridine rings is 1. The first-order chi connectivity index (χ1) is 11.2. The van der Waals surface area contributed by atoms with E-state index >= 15 is 0 Å². The molecule has 2 heterocycles. The highest BCUT2D eigenvalue weighted by atomic mass is 127. The minimum atomic E-state index is -0.128. The maximum atomic E-state index is 11.8. The van der Waals surface area contributed by atoms with Crippen molar-refractivity contribution < 1.29 is 4.79 Å². The van der Waals surface area contributed by atoms with Gasteiger partial charge in [0.2, 0.25) is 0 Å². The van der Waals surface area contributed by atoms with E-state index in [4.69, 9.17) is 0 Å². The molecule has 2 aromatic heterocycles. The van der Waals surface area contributed by atoms with Gasteiger partial charge in [0.1, 0.15) is 0 Å². The van der Waals surface area contributed by atoms with Gasteiger partial charge in [-0.3, -0.25) is 14.8 Å². The van der Waals surface area contributed by atoms with Crippen LogP contribution in [0.1, 0.15) is 20.1 Å². The largest absolute Gasteiger partial charge is 0.355 e. The molecular weight excluding hydrogens is 437 g/mol. The van der Waals surface area contributed by atoms with Crippen molar-refractivity contribution in [2.24, 2.45) is 4.99 Å². The van der Waals surface area contributed by atoms with Gasteiger partial charge in [0, 0.05) is 42.3 Å². The number of aryl methyl sites for hydroxylation is 1. The Morgan fingerprint density at radius 2 is 2.00 bits per heavy atom. The maximum Gasteiger partial charge on any atom is 0.252 e. The van der Waals surface area contributed by atoms with Crippen molar-refractivity contribution in [1.82, 2.24) is 20.9 Å². The van der Waals surface area contributed by atoms with Crippen molar-refractivity contribution >= 4 is 47.2 Å². The zero-order valence-corrected chi connectivity index (χ0v) is 16.9. The molecule has 6 nitrogen and oxygen atoms in total. The van der Waals surface area contributed by atoms with Crippen LogP contribution >= 0.6 is 35.3 Å². The van der Waals surface area contributed by atoms with Crippen molar-refractivity contribution in [3.05, 3.63) is 52.0 Å². The minimum absolute atomic E-state index is 0. The Morgan fingerprint density at radius 1 is 1.21 bits per heavy atom. The number of amides is 1. The summed E-state index contributed by atoms with van der Waals surface area (Å²) >= 11 is 1.76. The third-order valence-electron chi connectivity index (χ3n) is 3.08. The molecule has 0 atom stereocenters. The lowest BCUT2D eigenvalue weighted by Gasteiger charge is -2.11. The summed E-state index contributed by atoms with van der Waals surface area (Å²) in [4.78, 5) is 22.5. The van der Waals surface area contributed by atoms with E-state index in [2.05, 4.69) is 45.0 Å². The average molecular weight is 459 g/mol. The molecule has 0 aromatic carbocycles. The molecular formula is C16H22IN5OS. The summed E-state index contributed by atoms with van der Waals surface area (Å²) in [5.74, 6) is 0.587. The van der Waals surface area contributed by atoms with Gasteiger partial charge < -0.3 is 16.0 Å². The standard InChI is InChI=1S/C16H21N5OS.HI/c1-12-5-6-14(23-12)11-21-16(17-2)20-9-8-19-15(22)13-4-3-7-18-10-13;/h3-7,10H,8-9,11H2,1-2H3,(H,19,22)(H2,17,20,21);1H. The van der Waals surface area contributed by atoms with Gasteiger partial charge in [0.15, 0.2) is 5.96 Å². The molecule has 130 valence electrons. The molecule has 2 rings (SSSR count). The Bertz CT molecular complexity index is 659. The molecule has 0 radical (unpaired) electrons. The summed E-state index contributed by atoms with van der Waals surface area (Å²) in [6.45, 7) is 3.92. The third-order valence-corrected chi connectivity index (χ3v) is 4.08. The number of hydrogen-bond donors (Lipinski definition) is 3. The summed E-state index contributed by atoms with van der Waals surface area (Å²) in [6, 6.07) is 7.69. The normalized spacial score (nSPS) is 10.7. The molecule has 0 fully saturated rings. The molecule has 0 saturated carbocycles. The van der Waals surface area contributed by atoms with Gasteiger partial charge in [0.05, 0.1) is 12.1 Å². The van der Waals surface area contributed by atoms with Gasteiger partial charge in [-0.25, -0.2) is 0 Å². The number of carbonyl (C=O) groups is 1. The topological polar surface area (TPSA) is 78.4 Å². The van der Waals surface area contributed by atoms with Crippen LogP contribution in [0.3, 0.4) is 0 Å². The molecule has 0 unspecified atom stereocenters. The van der Waals surface area contributed by atoms with Crippen LogP contribution in [0.2, 0.25) is 0 Å². The number of guanidine groups is 1. The Hall–Kier alpha value is -1.68. The van der Waals surface area contributed by atoms with E-state index < -0.39 is 0 Å². The minimum Gasteiger partial charge on any atom is -0.355 e. The molecule has 0 bridgehead atoms. The number of carbonyl (C=O) groups excluding carboxylic acids is 1. The van der Waals surface area contributed by atoms with Crippen LogP contribution in [0.5, 0.6) is 0 Å². The van der Waals surface area contributed by atoms with Crippen LogP contribution in [-0.2, 0) is 6.54 Å². The van der Waals surface area contributed by atoms with E-state index in [9.17, 15) is 4.79 Å². The first kappa shape index (κ1) is 20.4. The maximum absolute atomic E-state index is 11.8. The first-order valence-electron chi connectivity index (χ1n) is 7.37. The highest BCUT2D eigenvalue weighted by Crippen LogP contribution is 2.14. The van der Waals surface area contributed by atoms with Crippen LogP contribution < -0.4 is 16.0 Å². The summed E-state index contributed by atoms with van der Waals surface area (Å²) in [6.07, 6.45) is 3.19. The quantitative estimate of drug-likeness (QED) is 0.268. The second-order valence-corrected chi connectivity index (χ2v) is 6.23. The number of aromatic nitrogens is 1. The summed E-state index contributed by atoms with van der Waals surface area (Å²) in [5, 5.41) is 9.25. The van der Waals surface area contributed by atoms with Gasteiger partial charge >= 0.3 is 0 Å². The van der Waals surface area contributed by atoms with E-state index in [-0.39, 0.29) is 29.9 Å². The Balaban J connectivity index is 0.00000288. The summed E-state index contributed by atoms with van der Waals surface area (Å²) in [7, 11) is 1.73. The Kier molecular flexibility index (Phi) is 9.31. The van der Waals surface area contributed by atoms with Gasteiger partial charge in [-0.2, -0.15) is 0 Å². The first-order valence-corrected chi connectivity index (χ1v) is 8.19. The average Bonchev–Trinajstić information content (AvgIpc) is 3.00. The van der Waals surface area contributed by atoms with Crippen molar-refractivity contribution in [3.63, 3.8) is 0 Å². The highest BCUT2D eigenvalue weighted by molar-refractivity contribution is 14.0. The highest BCUT2D eigenvalue weighted by Gasteiger charge is 2.04. The van der Waals surface area contributed by atoms with Crippen molar-refractivity contribution in [2.45, 2.75) is 13.5 Å². The molecule has 3 N–H and O–H groups in total. The molecule has 0 aliphatic rings. The third kappa shape index (κ3) is 6.83. The predicted octanol–water partition coefficient (Wildman–Crippen LogP) is 2.16. The molecule has 0 aliphatic heterocycles. The van der Waals surface area contributed by atoms with Crippen LogP contribution in [-0.4, -0.2) is 37.0 Å². The molecule has 0 spiro atoms. The molecule has 24 heavy (non-hydrogen) atoms. The van der Waals surface area contributed by atoms with E-state index in [1.165, 1.54) is 9.75 Å². The molecule has 1 amide bonds. The number of nitrogens with zero attached hydrogens (tertiary/aromatic N) is 2. The van der Waals surface area contributed by atoms with E-state index in [0.29, 0.717) is 24.6 Å². The number of aliphatic imine (C=N–C) groups is 1. The predicted molar refractivity (Wildman–Crippen MR) is 109 cm³/mol. The van der Waals surface area contributed by atoms with Gasteiger partial charge in [-0.1, -0.05) is 0 Å². The lowest BCUT2D eigenvalue weighted by molar-refractivity contribution is 0.0954. The lowest BCUT2D eigenvalue weighted by atomic mass is 10.3. The van der Waals surface area contributed by atoms with E-state index in [1.807, 2.05) is 0 Å². The SMILES string of the molecule is CN=C(NCCNC(=O)c1cccnc1)NCc1ccc(C)s1.I. The second-order valence-electron chi connectivity index (χ2n) is 4.86. The van der Waals surface area contributed by atoms with Crippen LogP contribution in [0.25, 0.3) is 0 Å². The Morgan fingerprint density at radius 3 is 2.62 bits per heavy atom. The lowest BCUT2D eigenvalue weighted by Crippen LogP contribution is -2.41. The number of thiophene rings is 1. The summed E-state index contributed by atoms with van der Waals surface area (Å²) in [5.41, 5.74) is 0.558. The smallest absolute Gasteiger partial charge is 0.252 e. The van der Waals surface area contributed by atoms with Crippen LogP contribution in [0.4, 0.5) is 0 Å². The van der Waals surface area contributed by atoms with Gasteiger partial charge in [0.25, 0.3) is 5.91 Å². The van der Waals surface area contributed by atoms with Crippen molar-refractivity contribution in [2.75, 3.05) is 20.1 Å². The fourth-order valence-electron chi connectivity index (χ4n) is 1.93. The number of rotatable bonds is 6. The Labute approximate surface area is 163 Å². The second kappa shape index (κ2) is 11.0. The monoisotopic (exact) mass is 459 g/mol. The van der Waals surface area contributed by atoms with Gasteiger partial charge in [-0.15, -0.1) is 35.3 Å². The zero-order chi connectivity index (χ0) is 16.5. The molecule has 8 heteroatoms.